The number of carbonyl (C=O) groups is 1. The van der Waals surface area contributed by atoms with Crippen molar-refractivity contribution in [1.29, 1.82) is 0 Å². The van der Waals surface area contributed by atoms with E-state index in [1.165, 1.54) is 56.2 Å². The topological polar surface area (TPSA) is 20.3 Å². The Bertz CT molecular complexity index is 406. The molecule has 0 aromatic rings. The van der Waals surface area contributed by atoms with E-state index in [2.05, 4.69) is 11.8 Å². The van der Waals surface area contributed by atoms with Gasteiger partial charge in [0.2, 0.25) is 5.91 Å². The predicted molar refractivity (Wildman–Crippen MR) is 79.1 cm³/mol. The van der Waals surface area contributed by atoms with Crippen molar-refractivity contribution in [1.82, 2.24) is 4.90 Å². The van der Waals surface area contributed by atoms with Crippen molar-refractivity contribution in [2.24, 2.45) is 11.8 Å². The fraction of sp³-hybridized carbons (Fsp3) is 0.941. The summed E-state index contributed by atoms with van der Waals surface area (Å²) in [5, 5.41) is 0. The Kier molecular flexibility index (Phi) is 3.10. The maximum absolute atomic E-state index is 12.3. The largest absolute Gasteiger partial charge is 0.339 e. The Morgan fingerprint density at radius 1 is 1.15 bits per heavy atom. The Hall–Kier alpha value is -0.570. The molecule has 0 aliphatic carbocycles. The number of carbonyl (C=O) groups excluding carboxylic acids is 1. The third-order valence-electron chi connectivity index (χ3n) is 7.04. The standard InChI is InChI=1S/C17H29N2O/c1-2-19-10-4-6-13-12-18-15(8-3-9-16(18)20)14(17(13)19)7-5-11-19/h13-15,17H,2-12H2,1H3/q+1/t13-,14+,15+,17+,19+/m1/s1. The van der Waals surface area contributed by atoms with Crippen LogP contribution in [0.25, 0.3) is 0 Å². The lowest BCUT2D eigenvalue weighted by Gasteiger charge is -2.62. The third kappa shape index (κ3) is 1.71. The number of piperidine rings is 4. The molecule has 4 aliphatic rings. The summed E-state index contributed by atoms with van der Waals surface area (Å²) in [4.78, 5) is 14.7. The minimum Gasteiger partial charge on any atom is -0.339 e. The van der Waals surface area contributed by atoms with E-state index in [1.54, 1.807) is 0 Å². The highest BCUT2D eigenvalue weighted by Gasteiger charge is 2.57. The fourth-order valence-electron chi connectivity index (χ4n) is 6.29. The third-order valence-corrected chi connectivity index (χ3v) is 7.04. The van der Waals surface area contributed by atoms with Gasteiger partial charge in [-0.05, 0) is 45.4 Å². The van der Waals surface area contributed by atoms with Crippen LogP contribution in [0.4, 0.5) is 0 Å². The van der Waals surface area contributed by atoms with Gasteiger partial charge in [0, 0.05) is 30.8 Å². The highest BCUT2D eigenvalue weighted by atomic mass is 16.2. The summed E-state index contributed by atoms with van der Waals surface area (Å²) in [6, 6.07) is 1.48. The maximum Gasteiger partial charge on any atom is 0.222 e. The zero-order valence-electron chi connectivity index (χ0n) is 12.9. The van der Waals surface area contributed by atoms with Crippen LogP contribution in [0.5, 0.6) is 0 Å². The second-order valence-electron chi connectivity index (χ2n) is 7.69. The van der Waals surface area contributed by atoms with Crippen LogP contribution < -0.4 is 0 Å². The first kappa shape index (κ1) is 13.1. The lowest BCUT2D eigenvalue weighted by molar-refractivity contribution is -0.968. The molecule has 0 bridgehead atoms. The average molecular weight is 277 g/mol. The van der Waals surface area contributed by atoms with Crippen molar-refractivity contribution in [3.63, 3.8) is 0 Å². The molecule has 0 saturated carbocycles. The molecule has 0 unspecified atom stereocenters. The van der Waals surface area contributed by atoms with Crippen LogP contribution in [0, 0.1) is 11.8 Å². The molecule has 4 aliphatic heterocycles. The van der Waals surface area contributed by atoms with Crippen LogP contribution in [0.2, 0.25) is 0 Å². The van der Waals surface area contributed by atoms with Crippen molar-refractivity contribution in [2.75, 3.05) is 26.2 Å². The van der Waals surface area contributed by atoms with E-state index < -0.39 is 0 Å². The minimum atomic E-state index is 0.463. The van der Waals surface area contributed by atoms with Gasteiger partial charge in [0.25, 0.3) is 0 Å². The van der Waals surface area contributed by atoms with Gasteiger partial charge in [-0.15, -0.1) is 0 Å². The molecule has 4 fully saturated rings. The summed E-state index contributed by atoms with van der Waals surface area (Å²) in [7, 11) is 0. The second-order valence-corrected chi connectivity index (χ2v) is 7.69. The van der Waals surface area contributed by atoms with E-state index in [4.69, 9.17) is 0 Å². The number of quaternary nitrogens is 1. The van der Waals surface area contributed by atoms with Gasteiger partial charge in [0.15, 0.2) is 0 Å². The van der Waals surface area contributed by atoms with Crippen molar-refractivity contribution in [2.45, 2.75) is 64.0 Å². The summed E-state index contributed by atoms with van der Waals surface area (Å²) in [5.41, 5.74) is 0. The molecule has 0 radical (unpaired) electrons. The molecule has 112 valence electrons. The molecule has 4 heterocycles. The van der Waals surface area contributed by atoms with Crippen LogP contribution in [-0.4, -0.2) is 53.6 Å². The molecule has 3 nitrogen and oxygen atoms in total. The number of hydrogen-bond acceptors (Lipinski definition) is 1. The van der Waals surface area contributed by atoms with Crippen LogP contribution in [0.1, 0.15) is 51.9 Å². The Balaban J connectivity index is 1.70. The van der Waals surface area contributed by atoms with Gasteiger partial charge < -0.3 is 9.38 Å². The zero-order valence-corrected chi connectivity index (χ0v) is 12.9. The molecule has 4 rings (SSSR count). The SMILES string of the molecule is CC[N@+]12CCC[C@@H]3CN4C(=O)CCC[C@H]4[C@H](CCC1)[C@H]32. The van der Waals surface area contributed by atoms with Gasteiger partial charge in [-0.1, -0.05) is 0 Å². The van der Waals surface area contributed by atoms with Crippen LogP contribution in [0.3, 0.4) is 0 Å². The van der Waals surface area contributed by atoms with Crippen molar-refractivity contribution >= 4 is 5.91 Å². The van der Waals surface area contributed by atoms with Crippen molar-refractivity contribution < 1.29 is 9.28 Å². The number of hydrogen-bond donors (Lipinski definition) is 0. The summed E-state index contributed by atoms with van der Waals surface area (Å²) < 4.78 is 1.40. The highest BCUT2D eigenvalue weighted by molar-refractivity contribution is 5.77. The van der Waals surface area contributed by atoms with Crippen LogP contribution in [0.15, 0.2) is 0 Å². The van der Waals surface area contributed by atoms with Gasteiger partial charge in [-0.3, -0.25) is 4.79 Å². The first-order valence-electron chi connectivity index (χ1n) is 8.90. The van der Waals surface area contributed by atoms with Crippen LogP contribution >= 0.6 is 0 Å². The lowest BCUT2D eigenvalue weighted by atomic mass is 9.66. The molecule has 0 spiro atoms. The molecule has 5 atom stereocenters. The molecule has 20 heavy (non-hydrogen) atoms. The van der Waals surface area contributed by atoms with E-state index in [-0.39, 0.29) is 0 Å². The molecule has 0 aromatic carbocycles. The molecule has 3 heteroatoms. The highest BCUT2D eigenvalue weighted by Crippen LogP contribution is 2.48. The number of rotatable bonds is 1. The molecule has 4 saturated heterocycles. The van der Waals surface area contributed by atoms with Crippen LogP contribution in [-0.2, 0) is 4.79 Å². The smallest absolute Gasteiger partial charge is 0.222 e. The summed E-state index contributed by atoms with van der Waals surface area (Å²) in [6.45, 7) is 7.63. The average Bonchev–Trinajstić information content (AvgIpc) is 2.49. The molecular formula is C17H29N2O+. The van der Waals surface area contributed by atoms with Crippen molar-refractivity contribution in [3.8, 4) is 0 Å². The number of fused-ring (bicyclic) bond motifs is 2. The fourth-order valence-corrected chi connectivity index (χ4v) is 6.29. The minimum absolute atomic E-state index is 0.463. The van der Waals surface area contributed by atoms with Gasteiger partial charge in [0.1, 0.15) is 0 Å². The molecule has 1 amide bonds. The first-order valence-corrected chi connectivity index (χ1v) is 8.90. The first-order chi connectivity index (χ1) is 9.75. The Labute approximate surface area is 122 Å². The Morgan fingerprint density at radius 2 is 1.95 bits per heavy atom. The summed E-state index contributed by atoms with van der Waals surface area (Å²) in [5.74, 6) is 2.07. The van der Waals surface area contributed by atoms with E-state index >= 15 is 0 Å². The van der Waals surface area contributed by atoms with Gasteiger partial charge in [-0.2, -0.15) is 0 Å². The van der Waals surface area contributed by atoms with Gasteiger partial charge in [-0.25, -0.2) is 0 Å². The predicted octanol–water partition coefficient (Wildman–Crippen LogP) is 2.41. The lowest BCUT2D eigenvalue weighted by Crippen LogP contribution is -2.73. The van der Waals surface area contributed by atoms with E-state index in [9.17, 15) is 4.79 Å². The second kappa shape index (κ2) is 4.72. The van der Waals surface area contributed by atoms with Gasteiger partial charge in [0.05, 0.1) is 25.7 Å². The van der Waals surface area contributed by atoms with E-state index in [1.807, 2.05) is 0 Å². The number of nitrogens with zero attached hydrogens (tertiary/aromatic N) is 2. The van der Waals surface area contributed by atoms with Gasteiger partial charge >= 0.3 is 0 Å². The Morgan fingerprint density at radius 3 is 2.75 bits per heavy atom. The molecule has 0 N–H and O–H groups in total. The monoisotopic (exact) mass is 277 g/mol. The quantitative estimate of drug-likeness (QED) is 0.674. The zero-order chi connectivity index (χ0) is 13.7. The molecule has 0 aromatic heterocycles. The van der Waals surface area contributed by atoms with Crippen molar-refractivity contribution in [3.05, 3.63) is 0 Å². The number of amides is 1. The maximum atomic E-state index is 12.3. The van der Waals surface area contributed by atoms with E-state index in [0.29, 0.717) is 11.9 Å². The summed E-state index contributed by atoms with van der Waals surface area (Å²) >= 11 is 0. The summed E-state index contributed by atoms with van der Waals surface area (Å²) in [6.07, 6.45) is 8.76. The van der Waals surface area contributed by atoms with E-state index in [0.717, 1.165) is 37.3 Å². The normalized spacial score (nSPS) is 47.6. The molecular weight excluding hydrogens is 248 g/mol.